The number of amides is 1. The predicted octanol–water partition coefficient (Wildman–Crippen LogP) is 4.04. The summed E-state index contributed by atoms with van der Waals surface area (Å²) in [6, 6.07) is 1.94. The summed E-state index contributed by atoms with van der Waals surface area (Å²) in [5, 5.41) is 15.9. The molecule has 1 amide bonds. The molecular weight excluding hydrogens is 480 g/mol. The van der Waals surface area contributed by atoms with E-state index in [1.807, 2.05) is 0 Å². The maximum Gasteiger partial charge on any atom is 0.225 e. The molecule has 2 aliphatic rings. The molecule has 0 saturated heterocycles. The van der Waals surface area contributed by atoms with Crippen LogP contribution >= 0.6 is 11.6 Å². The number of benzene rings is 1. The van der Waals surface area contributed by atoms with Crippen LogP contribution in [-0.2, 0) is 4.79 Å². The van der Waals surface area contributed by atoms with Gasteiger partial charge in [-0.25, -0.2) is 18.7 Å². The van der Waals surface area contributed by atoms with E-state index in [1.54, 1.807) is 4.57 Å². The fourth-order valence-electron chi connectivity index (χ4n) is 5.04. The number of aliphatic hydroxyl groups excluding tert-OH is 1. The number of hydrogen-bond acceptors (Lipinski definition) is 7. The third-order valence-corrected chi connectivity index (χ3v) is 7.26. The third-order valence-electron chi connectivity index (χ3n) is 6.97. The van der Waals surface area contributed by atoms with Crippen molar-refractivity contribution in [3.8, 4) is 0 Å². The minimum absolute atomic E-state index is 0.136. The van der Waals surface area contributed by atoms with Crippen LogP contribution in [0.3, 0.4) is 0 Å². The molecule has 9 nitrogen and oxygen atoms in total. The number of imidazole rings is 1. The van der Waals surface area contributed by atoms with Gasteiger partial charge in [0.15, 0.2) is 11.5 Å². The topological polar surface area (TPSA) is 131 Å². The Morgan fingerprint density at radius 2 is 1.91 bits per heavy atom. The molecule has 5 rings (SSSR count). The van der Waals surface area contributed by atoms with Gasteiger partial charge in [0, 0.05) is 12.0 Å². The number of nitrogens with two attached hydrogens (primary N) is 1. The van der Waals surface area contributed by atoms with Crippen molar-refractivity contribution in [1.29, 1.82) is 0 Å². The van der Waals surface area contributed by atoms with Crippen molar-refractivity contribution in [2.45, 2.75) is 63.1 Å². The zero-order chi connectivity index (χ0) is 24.7. The highest BCUT2D eigenvalue weighted by Crippen LogP contribution is 2.38. The number of halogens is 3. The number of carbonyl (C=O) groups is 1. The number of anilines is 3. The van der Waals surface area contributed by atoms with Crippen LogP contribution in [0.1, 0.15) is 51.0 Å². The SMILES string of the molecule is NC(=O)C1CCC(n2c(Nc3c(F)ccc(Cl)c3F)nc3cnc(NC4CCC[C@H]4O)nc32)CC1. The first-order valence-corrected chi connectivity index (χ1v) is 12.1. The van der Waals surface area contributed by atoms with Crippen molar-refractivity contribution < 1.29 is 18.7 Å². The zero-order valence-electron chi connectivity index (χ0n) is 18.8. The number of nitrogens with zero attached hydrogens (tertiary/aromatic N) is 4. The highest BCUT2D eigenvalue weighted by molar-refractivity contribution is 6.31. The minimum Gasteiger partial charge on any atom is -0.391 e. The summed E-state index contributed by atoms with van der Waals surface area (Å²) in [6.07, 6.45) is 5.89. The Labute approximate surface area is 205 Å². The van der Waals surface area contributed by atoms with Gasteiger partial charge in [0.2, 0.25) is 17.8 Å². The van der Waals surface area contributed by atoms with Gasteiger partial charge in [0.05, 0.1) is 23.4 Å². The summed E-state index contributed by atoms with van der Waals surface area (Å²) in [6.45, 7) is 0. The van der Waals surface area contributed by atoms with Crippen molar-refractivity contribution >= 4 is 46.3 Å². The smallest absolute Gasteiger partial charge is 0.225 e. The molecular formula is C23H26ClF2N7O2. The van der Waals surface area contributed by atoms with Crippen LogP contribution < -0.4 is 16.4 Å². The number of carbonyl (C=O) groups excluding carboxylic acids is 1. The van der Waals surface area contributed by atoms with Crippen LogP contribution in [0.25, 0.3) is 11.2 Å². The molecule has 2 saturated carbocycles. The van der Waals surface area contributed by atoms with Gasteiger partial charge in [0.25, 0.3) is 0 Å². The van der Waals surface area contributed by atoms with E-state index in [0.717, 1.165) is 25.0 Å². The van der Waals surface area contributed by atoms with Gasteiger partial charge in [-0.1, -0.05) is 11.6 Å². The molecule has 1 aromatic carbocycles. The molecule has 0 bridgehead atoms. The van der Waals surface area contributed by atoms with Crippen LogP contribution in [0, 0.1) is 17.6 Å². The van der Waals surface area contributed by atoms with Gasteiger partial charge < -0.3 is 21.5 Å². The molecule has 0 spiro atoms. The van der Waals surface area contributed by atoms with Crippen molar-refractivity contribution in [2.24, 2.45) is 11.7 Å². The second kappa shape index (κ2) is 9.54. The Morgan fingerprint density at radius 3 is 2.60 bits per heavy atom. The predicted molar refractivity (Wildman–Crippen MR) is 127 cm³/mol. The number of aromatic nitrogens is 4. The van der Waals surface area contributed by atoms with Gasteiger partial charge >= 0.3 is 0 Å². The number of hydrogen-bond donors (Lipinski definition) is 4. The molecule has 186 valence electrons. The number of fused-ring (bicyclic) bond motifs is 1. The summed E-state index contributed by atoms with van der Waals surface area (Å²) in [7, 11) is 0. The number of nitrogens with one attached hydrogen (secondary N) is 2. The van der Waals surface area contributed by atoms with E-state index in [0.29, 0.717) is 49.2 Å². The van der Waals surface area contributed by atoms with Gasteiger partial charge in [0.1, 0.15) is 17.0 Å². The molecule has 3 aromatic rings. The second-order valence-corrected chi connectivity index (χ2v) is 9.62. The maximum atomic E-state index is 14.7. The number of primary amides is 1. The summed E-state index contributed by atoms with van der Waals surface area (Å²) in [4.78, 5) is 25.2. The lowest BCUT2D eigenvalue weighted by molar-refractivity contribution is -0.122. The Kier molecular flexibility index (Phi) is 6.45. The molecule has 0 radical (unpaired) electrons. The fraction of sp³-hybridized carbons (Fsp3) is 0.478. The monoisotopic (exact) mass is 505 g/mol. The van der Waals surface area contributed by atoms with E-state index >= 15 is 0 Å². The fourth-order valence-corrected chi connectivity index (χ4v) is 5.20. The van der Waals surface area contributed by atoms with Crippen LogP contribution in [-0.4, -0.2) is 42.7 Å². The molecule has 0 aliphatic heterocycles. The van der Waals surface area contributed by atoms with Crippen LogP contribution in [0.15, 0.2) is 18.3 Å². The lowest BCUT2D eigenvalue weighted by Gasteiger charge is -2.29. The Balaban J connectivity index is 1.54. The van der Waals surface area contributed by atoms with Crippen LogP contribution in [0.2, 0.25) is 5.02 Å². The molecule has 35 heavy (non-hydrogen) atoms. The van der Waals surface area contributed by atoms with E-state index in [4.69, 9.17) is 17.3 Å². The summed E-state index contributed by atoms with van der Waals surface area (Å²) in [5.74, 6) is -1.75. The summed E-state index contributed by atoms with van der Waals surface area (Å²) in [5.41, 5.74) is 5.99. The number of rotatable bonds is 6. The quantitative estimate of drug-likeness (QED) is 0.372. The molecule has 2 aromatic heterocycles. The van der Waals surface area contributed by atoms with Crippen LogP contribution in [0.5, 0.6) is 0 Å². The van der Waals surface area contributed by atoms with Gasteiger partial charge in [-0.3, -0.25) is 9.36 Å². The van der Waals surface area contributed by atoms with Gasteiger partial charge in [-0.05, 0) is 57.1 Å². The van der Waals surface area contributed by atoms with Crippen LogP contribution in [0.4, 0.5) is 26.4 Å². The normalized spacial score (nSPS) is 24.6. The average Bonchev–Trinajstić information content (AvgIpc) is 3.41. The van der Waals surface area contributed by atoms with E-state index in [-0.39, 0.29) is 34.9 Å². The molecule has 1 unspecified atom stereocenters. The molecule has 2 fully saturated rings. The second-order valence-electron chi connectivity index (χ2n) is 9.21. The van der Waals surface area contributed by atoms with Crippen molar-refractivity contribution in [3.05, 3.63) is 35.0 Å². The molecule has 2 aliphatic carbocycles. The zero-order valence-corrected chi connectivity index (χ0v) is 19.6. The highest BCUT2D eigenvalue weighted by Gasteiger charge is 2.30. The molecule has 12 heteroatoms. The van der Waals surface area contributed by atoms with Crippen molar-refractivity contribution in [2.75, 3.05) is 10.6 Å². The molecule has 2 heterocycles. The largest absolute Gasteiger partial charge is 0.391 e. The summed E-state index contributed by atoms with van der Waals surface area (Å²) < 4.78 is 31.0. The van der Waals surface area contributed by atoms with Crippen molar-refractivity contribution in [1.82, 2.24) is 19.5 Å². The Morgan fingerprint density at radius 1 is 1.14 bits per heavy atom. The Bertz CT molecular complexity index is 1260. The van der Waals surface area contributed by atoms with E-state index in [9.17, 15) is 18.7 Å². The van der Waals surface area contributed by atoms with Crippen molar-refractivity contribution in [3.63, 3.8) is 0 Å². The summed E-state index contributed by atoms with van der Waals surface area (Å²) >= 11 is 5.87. The molecule has 5 N–H and O–H groups in total. The first-order valence-electron chi connectivity index (χ1n) is 11.7. The molecule has 2 atom stereocenters. The third kappa shape index (κ3) is 4.62. The number of aliphatic hydroxyl groups is 1. The first kappa shape index (κ1) is 23.7. The highest BCUT2D eigenvalue weighted by atomic mass is 35.5. The lowest BCUT2D eigenvalue weighted by atomic mass is 9.85. The first-order chi connectivity index (χ1) is 16.8. The van der Waals surface area contributed by atoms with Gasteiger partial charge in [-0.2, -0.15) is 4.98 Å². The van der Waals surface area contributed by atoms with E-state index in [2.05, 4.69) is 25.6 Å². The standard InChI is InChI=1S/C23H26ClF2N7O2/c24-13-8-9-14(25)19(18(13)26)31-23-30-16-10-28-22(29-15-2-1-3-17(15)34)32-21(16)33(23)12-6-4-11(5-7-12)20(27)35/h8-12,15,17,34H,1-7H2,(H2,27,35)(H,30,31)(H,28,29,32)/t11?,12?,15?,17-/m1/s1. The average molecular weight is 506 g/mol. The lowest BCUT2D eigenvalue weighted by Crippen LogP contribution is -2.29. The van der Waals surface area contributed by atoms with E-state index < -0.39 is 23.4 Å². The maximum absolute atomic E-state index is 14.7. The minimum atomic E-state index is -0.925. The Hall–Kier alpha value is -3.05. The van der Waals surface area contributed by atoms with Gasteiger partial charge in [-0.15, -0.1) is 0 Å². The van der Waals surface area contributed by atoms with E-state index in [1.165, 1.54) is 6.20 Å².